The van der Waals surface area contributed by atoms with Crippen LogP contribution < -0.4 is 11.5 Å². The number of carbonyl (C=O) groups is 1. The molecule has 5 N–H and O–H groups in total. The molecule has 0 spiro atoms. The summed E-state index contributed by atoms with van der Waals surface area (Å²) in [5.41, 5.74) is 11.6. The summed E-state index contributed by atoms with van der Waals surface area (Å²) >= 11 is 0. The molecule has 0 bridgehead atoms. The summed E-state index contributed by atoms with van der Waals surface area (Å²) in [6.45, 7) is 0. The first kappa shape index (κ1) is 10.8. The Kier molecular flexibility index (Phi) is 3.47. The Morgan fingerprint density at radius 3 is 2.33 bits per heavy atom. The van der Waals surface area contributed by atoms with Crippen molar-refractivity contribution in [2.75, 3.05) is 0 Å². The Bertz CT molecular complexity index is 437. The highest BCUT2D eigenvalue weighted by Gasteiger charge is 1.94. The van der Waals surface area contributed by atoms with E-state index in [9.17, 15) is 4.79 Å². The first-order valence-corrected chi connectivity index (χ1v) is 4.31. The molecule has 0 saturated heterocycles. The van der Waals surface area contributed by atoms with Gasteiger partial charge in [0.05, 0.1) is 6.42 Å². The number of amides is 1. The minimum Gasteiger partial charge on any atom is -0.384 e. The lowest BCUT2D eigenvalue weighted by Gasteiger charge is -1.96. The molecule has 0 fully saturated rings. The van der Waals surface area contributed by atoms with Gasteiger partial charge in [-0.05, 0) is 12.1 Å². The van der Waals surface area contributed by atoms with E-state index in [1.807, 2.05) is 0 Å². The van der Waals surface area contributed by atoms with Gasteiger partial charge in [0.2, 0.25) is 5.91 Å². The van der Waals surface area contributed by atoms with Gasteiger partial charge in [0.15, 0.2) is 0 Å². The lowest BCUT2D eigenvalue weighted by Crippen LogP contribution is -2.10. The van der Waals surface area contributed by atoms with Gasteiger partial charge in [0.1, 0.15) is 5.84 Å². The zero-order chi connectivity index (χ0) is 11.3. The second-order valence-electron chi connectivity index (χ2n) is 2.94. The number of hydrogen-bond donors (Lipinski definition) is 3. The maximum atomic E-state index is 10.4. The number of rotatable bonds is 2. The van der Waals surface area contributed by atoms with E-state index in [1.54, 1.807) is 24.3 Å². The molecule has 0 atom stereocenters. The molecule has 1 aromatic carbocycles. The minimum absolute atomic E-state index is 0.0200. The van der Waals surface area contributed by atoms with Crippen molar-refractivity contribution < 1.29 is 4.79 Å². The monoisotopic (exact) mass is 201 g/mol. The zero-order valence-corrected chi connectivity index (χ0v) is 8.08. The predicted molar refractivity (Wildman–Crippen MR) is 58.1 cm³/mol. The highest BCUT2D eigenvalue weighted by Crippen LogP contribution is 2.02. The molecule has 0 unspecified atom stereocenters. The molecule has 4 heteroatoms. The fourth-order valence-electron chi connectivity index (χ4n) is 0.966. The van der Waals surface area contributed by atoms with Crippen molar-refractivity contribution in [3.63, 3.8) is 0 Å². The van der Waals surface area contributed by atoms with Crippen LogP contribution in [-0.4, -0.2) is 11.7 Å². The van der Waals surface area contributed by atoms with Crippen LogP contribution in [0.3, 0.4) is 0 Å². The fraction of sp³-hybridized carbons (Fsp3) is 0.0909. The van der Waals surface area contributed by atoms with Crippen LogP contribution in [0, 0.1) is 17.3 Å². The summed E-state index contributed by atoms with van der Waals surface area (Å²) in [4.78, 5) is 10.4. The summed E-state index contributed by atoms with van der Waals surface area (Å²) in [7, 11) is 0. The summed E-state index contributed by atoms with van der Waals surface area (Å²) in [6.07, 6.45) is 0.0501. The molecule has 0 saturated carbocycles. The zero-order valence-electron chi connectivity index (χ0n) is 8.08. The Labute approximate surface area is 87.8 Å². The lowest BCUT2D eigenvalue weighted by molar-refractivity contribution is -0.117. The van der Waals surface area contributed by atoms with Gasteiger partial charge in [-0.25, -0.2) is 0 Å². The normalized spacial score (nSPS) is 8.80. The van der Waals surface area contributed by atoms with Gasteiger partial charge in [-0.3, -0.25) is 10.2 Å². The standard InChI is InChI=1S/C11H11N3O/c12-10(15)3-1-2-8-4-6-9(7-5-8)11(13)14/h4-7H,3H2,(H2,12,15)(H3,13,14). The molecule has 0 aliphatic heterocycles. The molecule has 1 rings (SSSR count). The van der Waals surface area contributed by atoms with Crippen LogP contribution in [0.15, 0.2) is 24.3 Å². The molecule has 15 heavy (non-hydrogen) atoms. The van der Waals surface area contributed by atoms with Crippen molar-refractivity contribution in [1.29, 1.82) is 5.41 Å². The van der Waals surface area contributed by atoms with Crippen LogP contribution >= 0.6 is 0 Å². The number of benzene rings is 1. The van der Waals surface area contributed by atoms with Gasteiger partial charge in [-0.15, -0.1) is 0 Å². The van der Waals surface area contributed by atoms with Gasteiger partial charge >= 0.3 is 0 Å². The highest BCUT2D eigenvalue weighted by atomic mass is 16.1. The second-order valence-corrected chi connectivity index (χ2v) is 2.94. The molecule has 76 valence electrons. The van der Waals surface area contributed by atoms with Gasteiger partial charge in [0.25, 0.3) is 0 Å². The van der Waals surface area contributed by atoms with Gasteiger partial charge < -0.3 is 11.5 Å². The maximum Gasteiger partial charge on any atom is 0.229 e. The smallest absolute Gasteiger partial charge is 0.229 e. The molecule has 0 aliphatic carbocycles. The third-order valence-corrected chi connectivity index (χ3v) is 1.69. The largest absolute Gasteiger partial charge is 0.384 e. The van der Waals surface area contributed by atoms with Crippen LogP contribution in [0.1, 0.15) is 17.5 Å². The second kappa shape index (κ2) is 4.82. The average molecular weight is 201 g/mol. The Hall–Kier alpha value is -2.28. The van der Waals surface area contributed by atoms with Crippen molar-refractivity contribution in [1.82, 2.24) is 0 Å². The van der Waals surface area contributed by atoms with Crippen LogP contribution in [0.4, 0.5) is 0 Å². The third kappa shape index (κ3) is 3.53. The molecule has 0 heterocycles. The van der Waals surface area contributed by atoms with Crippen molar-refractivity contribution >= 4 is 11.7 Å². The van der Waals surface area contributed by atoms with Crippen molar-refractivity contribution in [2.45, 2.75) is 6.42 Å². The number of hydrogen-bond acceptors (Lipinski definition) is 2. The number of carbonyl (C=O) groups excluding carboxylic acids is 1. The van der Waals surface area contributed by atoms with Gasteiger partial charge in [-0.1, -0.05) is 24.0 Å². The molecule has 1 amide bonds. The Balaban J connectivity index is 2.75. The van der Waals surface area contributed by atoms with Crippen molar-refractivity contribution in [3.05, 3.63) is 35.4 Å². The first-order valence-electron chi connectivity index (χ1n) is 4.31. The molecule has 4 nitrogen and oxygen atoms in total. The van der Waals surface area contributed by atoms with Crippen molar-refractivity contribution in [3.8, 4) is 11.8 Å². The number of primary amides is 1. The topological polar surface area (TPSA) is 93.0 Å². The van der Waals surface area contributed by atoms with Gasteiger partial charge in [-0.2, -0.15) is 0 Å². The van der Waals surface area contributed by atoms with Crippen LogP contribution in [0.25, 0.3) is 0 Å². The summed E-state index contributed by atoms with van der Waals surface area (Å²) in [6, 6.07) is 6.89. The fourth-order valence-corrected chi connectivity index (χ4v) is 0.966. The maximum absolute atomic E-state index is 10.4. The Morgan fingerprint density at radius 1 is 1.27 bits per heavy atom. The van der Waals surface area contributed by atoms with E-state index in [4.69, 9.17) is 16.9 Å². The molecule has 0 aliphatic rings. The van der Waals surface area contributed by atoms with E-state index >= 15 is 0 Å². The van der Waals surface area contributed by atoms with Crippen LogP contribution in [-0.2, 0) is 4.79 Å². The van der Waals surface area contributed by atoms with E-state index in [0.29, 0.717) is 5.56 Å². The number of nitrogens with one attached hydrogen (secondary N) is 1. The van der Waals surface area contributed by atoms with E-state index in [0.717, 1.165) is 5.56 Å². The van der Waals surface area contributed by atoms with Crippen LogP contribution in [0.2, 0.25) is 0 Å². The molecule has 1 aromatic rings. The van der Waals surface area contributed by atoms with E-state index in [2.05, 4.69) is 11.8 Å². The Morgan fingerprint density at radius 2 is 1.87 bits per heavy atom. The SMILES string of the molecule is N=C(N)c1ccc(C#CCC(N)=O)cc1. The number of nitrogens with two attached hydrogens (primary N) is 2. The average Bonchev–Trinajstić information content (AvgIpc) is 2.18. The van der Waals surface area contributed by atoms with E-state index in [-0.39, 0.29) is 12.3 Å². The summed E-state index contributed by atoms with van der Waals surface area (Å²) in [5, 5.41) is 7.18. The summed E-state index contributed by atoms with van der Waals surface area (Å²) < 4.78 is 0. The number of amidine groups is 1. The quantitative estimate of drug-likeness (QED) is 0.362. The minimum atomic E-state index is -0.442. The highest BCUT2D eigenvalue weighted by molar-refractivity contribution is 5.94. The van der Waals surface area contributed by atoms with Gasteiger partial charge in [0, 0.05) is 11.1 Å². The third-order valence-electron chi connectivity index (χ3n) is 1.69. The predicted octanol–water partition coefficient (Wildman–Crippen LogP) is 0.198. The molecule has 0 radical (unpaired) electrons. The van der Waals surface area contributed by atoms with E-state index < -0.39 is 5.91 Å². The summed E-state index contributed by atoms with van der Waals surface area (Å²) in [5.74, 6) is 5.00. The lowest BCUT2D eigenvalue weighted by atomic mass is 10.1. The molecular weight excluding hydrogens is 190 g/mol. The molecular formula is C11H11N3O. The number of nitrogen functional groups attached to an aromatic ring is 1. The molecule has 0 aromatic heterocycles. The first-order chi connectivity index (χ1) is 7.09. The van der Waals surface area contributed by atoms with Crippen molar-refractivity contribution in [2.24, 2.45) is 11.5 Å². The van der Waals surface area contributed by atoms with E-state index in [1.165, 1.54) is 0 Å². The van der Waals surface area contributed by atoms with Crippen LogP contribution in [0.5, 0.6) is 0 Å².